The molecule has 1 heterocycles. The second-order valence-electron chi connectivity index (χ2n) is 5.88. The Labute approximate surface area is 139 Å². The predicted molar refractivity (Wildman–Crippen MR) is 95.7 cm³/mol. The lowest BCUT2D eigenvalue weighted by Gasteiger charge is -2.18. The van der Waals surface area contributed by atoms with Gasteiger partial charge in [0, 0.05) is 28.8 Å². The van der Waals surface area contributed by atoms with Crippen LogP contribution in [-0.2, 0) is 6.42 Å². The monoisotopic (exact) mass is 354 g/mol. The molecule has 1 aromatic rings. The molecule has 2 nitrogen and oxygen atoms in total. The lowest BCUT2D eigenvalue weighted by molar-refractivity contribution is 0.447. The lowest BCUT2D eigenvalue weighted by atomic mass is 10.0. The van der Waals surface area contributed by atoms with E-state index in [4.69, 9.17) is 0 Å². The van der Waals surface area contributed by atoms with Gasteiger partial charge in [-0.1, -0.05) is 52.4 Å². The fraction of sp³-hybridized carbons (Fsp3) is 0.722. The van der Waals surface area contributed by atoms with E-state index in [1.165, 1.54) is 57.1 Å². The summed E-state index contributed by atoms with van der Waals surface area (Å²) in [6, 6.07) is 4.79. The summed E-state index contributed by atoms with van der Waals surface area (Å²) in [5.74, 6) is 0. The molecule has 1 atom stereocenters. The maximum atomic E-state index is 4.51. The Morgan fingerprint density at radius 2 is 1.81 bits per heavy atom. The molecule has 0 fully saturated rings. The molecule has 0 aliphatic rings. The van der Waals surface area contributed by atoms with E-state index in [-0.39, 0.29) is 0 Å². The maximum absolute atomic E-state index is 4.51. The van der Waals surface area contributed by atoms with Crippen LogP contribution < -0.4 is 5.32 Å². The van der Waals surface area contributed by atoms with Gasteiger partial charge in [-0.2, -0.15) is 0 Å². The van der Waals surface area contributed by atoms with Crippen molar-refractivity contribution >= 4 is 15.9 Å². The van der Waals surface area contributed by atoms with Gasteiger partial charge in [-0.25, -0.2) is 0 Å². The molecule has 0 spiro atoms. The van der Waals surface area contributed by atoms with Crippen LogP contribution in [0, 0.1) is 0 Å². The van der Waals surface area contributed by atoms with Crippen LogP contribution >= 0.6 is 15.9 Å². The zero-order chi connectivity index (χ0) is 15.3. The number of hydrogen-bond acceptors (Lipinski definition) is 2. The van der Waals surface area contributed by atoms with E-state index in [0.717, 1.165) is 17.4 Å². The SMILES string of the molecule is CCCCCCCCC(Cc1ccc(Br)cn1)NCCC. The van der Waals surface area contributed by atoms with Crippen LogP contribution in [0.2, 0.25) is 0 Å². The van der Waals surface area contributed by atoms with Gasteiger partial charge in [0.1, 0.15) is 0 Å². The van der Waals surface area contributed by atoms with Gasteiger partial charge in [0.2, 0.25) is 0 Å². The van der Waals surface area contributed by atoms with Crippen molar-refractivity contribution < 1.29 is 0 Å². The fourth-order valence-corrected chi connectivity index (χ4v) is 2.81. The summed E-state index contributed by atoms with van der Waals surface area (Å²) in [5, 5.41) is 3.68. The van der Waals surface area contributed by atoms with Crippen LogP contribution in [0.1, 0.15) is 70.9 Å². The van der Waals surface area contributed by atoms with E-state index in [1.807, 2.05) is 6.20 Å². The predicted octanol–water partition coefficient (Wildman–Crippen LogP) is 5.51. The van der Waals surface area contributed by atoms with E-state index < -0.39 is 0 Å². The Kier molecular flexibility index (Phi) is 10.8. The topological polar surface area (TPSA) is 24.9 Å². The summed E-state index contributed by atoms with van der Waals surface area (Å²) in [6.45, 7) is 5.61. The van der Waals surface area contributed by atoms with Crippen LogP contribution in [-0.4, -0.2) is 17.6 Å². The van der Waals surface area contributed by atoms with Gasteiger partial charge < -0.3 is 5.32 Å². The van der Waals surface area contributed by atoms with Crippen LogP contribution in [0.4, 0.5) is 0 Å². The first-order chi connectivity index (χ1) is 10.3. The summed E-state index contributed by atoms with van der Waals surface area (Å²) < 4.78 is 1.06. The van der Waals surface area contributed by atoms with Gasteiger partial charge in [-0.3, -0.25) is 4.98 Å². The molecular formula is C18H31BrN2. The summed E-state index contributed by atoms with van der Waals surface area (Å²) in [5.41, 5.74) is 1.19. The molecule has 0 aromatic carbocycles. The highest BCUT2D eigenvalue weighted by Gasteiger charge is 2.09. The molecule has 1 unspecified atom stereocenters. The normalized spacial score (nSPS) is 12.5. The Morgan fingerprint density at radius 3 is 2.48 bits per heavy atom. The van der Waals surface area contributed by atoms with Crippen molar-refractivity contribution in [3.8, 4) is 0 Å². The van der Waals surface area contributed by atoms with Gasteiger partial charge in [-0.05, 0) is 47.4 Å². The zero-order valence-corrected chi connectivity index (χ0v) is 15.3. The number of pyridine rings is 1. The Morgan fingerprint density at radius 1 is 1.05 bits per heavy atom. The van der Waals surface area contributed by atoms with Crippen LogP contribution in [0.25, 0.3) is 0 Å². The molecular weight excluding hydrogens is 324 g/mol. The molecule has 0 radical (unpaired) electrons. The number of unbranched alkanes of at least 4 members (excludes halogenated alkanes) is 5. The Hall–Kier alpha value is -0.410. The van der Waals surface area contributed by atoms with Crippen molar-refractivity contribution in [2.75, 3.05) is 6.54 Å². The number of halogens is 1. The average molecular weight is 355 g/mol. The highest BCUT2D eigenvalue weighted by atomic mass is 79.9. The minimum atomic E-state index is 0.574. The number of hydrogen-bond donors (Lipinski definition) is 1. The molecule has 1 aromatic heterocycles. The average Bonchev–Trinajstić information content (AvgIpc) is 2.50. The lowest BCUT2D eigenvalue weighted by Crippen LogP contribution is -2.32. The van der Waals surface area contributed by atoms with Gasteiger partial charge in [0.05, 0.1) is 0 Å². The van der Waals surface area contributed by atoms with Gasteiger partial charge in [-0.15, -0.1) is 0 Å². The zero-order valence-electron chi connectivity index (χ0n) is 13.7. The first-order valence-electron chi connectivity index (χ1n) is 8.60. The number of rotatable bonds is 12. The molecule has 3 heteroatoms. The molecule has 0 amide bonds. The van der Waals surface area contributed by atoms with Crippen molar-refractivity contribution in [2.45, 2.75) is 77.7 Å². The first-order valence-corrected chi connectivity index (χ1v) is 9.39. The fourth-order valence-electron chi connectivity index (χ4n) is 2.58. The van der Waals surface area contributed by atoms with E-state index in [0.29, 0.717) is 6.04 Å². The maximum Gasteiger partial charge on any atom is 0.0419 e. The van der Waals surface area contributed by atoms with Gasteiger partial charge in [0.15, 0.2) is 0 Å². The van der Waals surface area contributed by atoms with Crippen LogP contribution in [0.3, 0.4) is 0 Å². The smallest absolute Gasteiger partial charge is 0.0419 e. The van der Waals surface area contributed by atoms with E-state index in [9.17, 15) is 0 Å². The van der Waals surface area contributed by atoms with Gasteiger partial charge in [0.25, 0.3) is 0 Å². The molecule has 0 bridgehead atoms. The Balaban J connectivity index is 2.31. The molecule has 0 saturated heterocycles. The van der Waals surface area contributed by atoms with E-state index in [1.54, 1.807) is 0 Å². The van der Waals surface area contributed by atoms with Crippen molar-refractivity contribution in [1.29, 1.82) is 0 Å². The number of nitrogens with one attached hydrogen (secondary N) is 1. The third-order valence-corrected chi connectivity index (χ3v) is 4.30. The summed E-state index contributed by atoms with van der Waals surface area (Å²) in [6.07, 6.45) is 13.6. The third-order valence-electron chi connectivity index (χ3n) is 3.83. The summed E-state index contributed by atoms with van der Waals surface area (Å²) in [4.78, 5) is 4.51. The second kappa shape index (κ2) is 12.2. The molecule has 21 heavy (non-hydrogen) atoms. The Bertz CT molecular complexity index is 351. The largest absolute Gasteiger partial charge is 0.314 e. The van der Waals surface area contributed by atoms with Crippen molar-refractivity contribution in [3.05, 3.63) is 28.5 Å². The summed E-state index contributed by atoms with van der Waals surface area (Å²) in [7, 11) is 0. The first kappa shape index (κ1) is 18.6. The quantitative estimate of drug-likeness (QED) is 0.501. The highest BCUT2D eigenvalue weighted by molar-refractivity contribution is 9.10. The van der Waals surface area contributed by atoms with Crippen LogP contribution in [0.5, 0.6) is 0 Å². The minimum absolute atomic E-state index is 0.574. The number of aromatic nitrogens is 1. The third kappa shape index (κ3) is 9.26. The molecule has 0 aliphatic carbocycles. The van der Waals surface area contributed by atoms with E-state index >= 15 is 0 Å². The molecule has 0 aliphatic heterocycles. The molecule has 120 valence electrons. The van der Waals surface area contributed by atoms with Crippen LogP contribution in [0.15, 0.2) is 22.8 Å². The standard InChI is InChI=1S/C18H31BrN2/c1-3-5-6-7-8-9-10-17(20-13-4-2)14-18-12-11-16(19)15-21-18/h11-12,15,17,20H,3-10,13-14H2,1-2H3. The minimum Gasteiger partial charge on any atom is -0.314 e. The highest BCUT2D eigenvalue weighted by Crippen LogP contribution is 2.13. The van der Waals surface area contributed by atoms with Crippen molar-refractivity contribution in [2.24, 2.45) is 0 Å². The molecule has 1 N–H and O–H groups in total. The summed E-state index contributed by atoms with van der Waals surface area (Å²) >= 11 is 3.45. The van der Waals surface area contributed by atoms with Gasteiger partial charge >= 0.3 is 0 Å². The molecule has 0 saturated carbocycles. The van der Waals surface area contributed by atoms with Crippen molar-refractivity contribution in [3.63, 3.8) is 0 Å². The number of nitrogens with zero attached hydrogens (tertiary/aromatic N) is 1. The van der Waals surface area contributed by atoms with E-state index in [2.05, 4.69) is 52.2 Å². The van der Waals surface area contributed by atoms with Crippen molar-refractivity contribution in [1.82, 2.24) is 10.3 Å². The second-order valence-corrected chi connectivity index (χ2v) is 6.80. The molecule has 1 rings (SSSR count).